The SMILES string of the molecule is Cc1ccccc1C(=O)Nc1cc2ccccc2cc1NC(=O)c1ccccc1C. The Bertz CT molecular complexity index is 1160. The lowest BCUT2D eigenvalue weighted by Crippen LogP contribution is -2.18. The van der Waals surface area contributed by atoms with Crippen molar-refractivity contribution >= 4 is 34.0 Å². The van der Waals surface area contributed by atoms with Crippen LogP contribution in [0.4, 0.5) is 11.4 Å². The van der Waals surface area contributed by atoms with Crippen molar-refractivity contribution in [3.05, 3.63) is 107 Å². The number of carbonyl (C=O) groups is 2. The van der Waals surface area contributed by atoms with Crippen LogP contribution in [0.1, 0.15) is 31.8 Å². The third-order valence-corrected chi connectivity index (χ3v) is 5.16. The van der Waals surface area contributed by atoms with Crippen molar-refractivity contribution < 1.29 is 9.59 Å². The van der Waals surface area contributed by atoms with E-state index >= 15 is 0 Å². The number of hydrogen-bond acceptors (Lipinski definition) is 2. The van der Waals surface area contributed by atoms with Crippen LogP contribution in [-0.2, 0) is 0 Å². The Morgan fingerprint density at radius 2 is 0.933 bits per heavy atom. The maximum Gasteiger partial charge on any atom is 0.255 e. The molecule has 0 aliphatic carbocycles. The second kappa shape index (κ2) is 8.21. The molecule has 4 nitrogen and oxygen atoms in total. The summed E-state index contributed by atoms with van der Waals surface area (Å²) in [5, 5.41) is 7.91. The summed E-state index contributed by atoms with van der Waals surface area (Å²) in [6.07, 6.45) is 0. The van der Waals surface area contributed by atoms with Gasteiger partial charge in [0.25, 0.3) is 11.8 Å². The number of hydrogen-bond donors (Lipinski definition) is 2. The topological polar surface area (TPSA) is 58.2 Å². The maximum absolute atomic E-state index is 12.9. The molecule has 2 amide bonds. The molecule has 0 spiro atoms. The van der Waals surface area contributed by atoms with Gasteiger partial charge in [0.05, 0.1) is 11.4 Å². The summed E-state index contributed by atoms with van der Waals surface area (Å²) in [6.45, 7) is 3.80. The van der Waals surface area contributed by atoms with E-state index in [9.17, 15) is 9.59 Å². The van der Waals surface area contributed by atoms with E-state index in [-0.39, 0.29) is 11.8 Å². The van der Waals surface area contributed by atoms with E-state index in [2.05, 4.69) is 10.6 Å². The molecular weight excluding hydrogens is 372 g/mol. The van der Waals surface area contributed by atoms with Crippen LogP contribution in [0.5, 0.6) is 0 Å². The van der Waals surface area contributed by atoms with E-state index in [1.165, 1.54) is 0 Å². The van der Waals surface area contributed by atoms with Gasteiger partial charge in [-0.15, -0.1) is 0 Å². The molecule has 148 valence electrons. The van der Waals surface area contributed by atoms with Crippen LogP contribution in [0.15, 0.2) is 84.9 Å². The Morgan fingerprint density at radius 1 is 0.567 bits per heavy atom. The lowest BCUT2D eigenvalue weighted by molar-refractivity contribution is 0.101. The average molecular weight is 394 g/mol. The number of rotatable bonds is 4. The van der Waals surface area contributed by atoms with Crippen LogP contribution in [0.25, 0.3) is 10.8 Å². The first-order valence-electron chi connectivity index (χ1n) is 9.79. The first kappa shape index (κ1) is 19.4. The first-order valence-corrected chi connectivity index (χ1v) is 9.79. The Hall–Kier alpha value is -3.92. The standard InChI is InChI=1S/C26H22N2O2/c1-17-9-3-7-13-21(17)25(29)27-23-15-19-11-5-6-12-20(19)16-24(23)28-26(30)22-14-8-4-10-18(22)2/h3-16H,1-2H3,(H,27,29)(H,28,30). The minimum atomic E-state index is -0.213. The molecule has 0 saturated heterocycles. The van der Waals surface area contributed by atoms with Crippen molar-refractivity contribution in [1.29, 1.82) is 0 Å². The summed E-state index contributed by atoms with van der Waals surface area (Å²) in [5.74, 6) is -0.426. The van der Waals surface area contributed by atoms with Gasteiger partial charge >= 0.3 is 0 Å². The molecule has 4 rings (SSSR count). The van der Waals surface area contributed by atoms with Gasteiger partial charge in [0.1, 0.15) is 0 Å². The lowest BCUT2D eigenvalue weighted by atomic mass is 10.1. The molecular formula is C26H22N2O2. The van der Waals surface area contributed by atoms with Gasteiger partial charge in [-0.3, -0.25) is 9.59 Å². The molecule has 0 aliphatic heterocycles. The highest BCUT2D eigenvalue weighted by Crippen LogP contribution is 2.30. The number of anilines is 2. The molecule has 0 radical (unpaired) electrons. The maximum atomic E-state index is 12.9. The van der Waals surface area contributed by atoms with Gasteiger partial charge < -0.3 is 10.6 Å². The summed E-state index contributed by atoms with van der Waals surface area (Å²) in [5.41, 5.74) is 4.10. The minimum absolute atomic E-state index is 0.213. The van der Waals surface area contributed by atoms with Crippen LogP contribution in [0, 0.1) is 13.8 Å². The smallest absolute Gasteiger partial charge is 0.255 e. The van der Waals surface area contributed by atoms with Gasteiger partial charge in [-0.1, -0.05) is 60.7 Å². The molecule has 0 unspecified atom stereocenters. The molecule has 2 N–H and O–H groups in total. The predicted molar refractivity (Wildman–Crippen MR) is 122 cm³/mol. The van der Waals surface area contributed by atoms with Crippen LogP contribution in [0.3, 0.4) is 0 Å². The second-order valence-corrected chi connectivity index (χ2v) is 7.28. The van der Waals surface area contributed by atoms with E-state index in [0.717, 1.165) is 21.9 Å². The number of benzene rings is 4. The van der Waals surface area contributed by atoms with Crippen molar-refractivity contribution in [3.63, 3.8) is 0 Å². The number of fused-ring (bicyclic) bond motifs is 1. The van der Waals surface area contributed by atoms with E-state index in [0.29, 0.717) is 22.5 Å². The zero-order valence-electron chi connectivity index (χ0n) is 16.9. The van der Waals surface area contributed by atoms with Gasteiger partial charge in [-0.2, -0.15) is 0 Å². The molecule has 0 saturated carbocycles. The van der Waals surface area contributed by atoms with Gasteiger partial charge in [-0.05, 0) is 60.0 Å². The molecule has 0 heterocycles. The summed E-state index contributed by atoms with van der Waals surface area (Å²) >= 11 is 0. The third kappa shape index (κ3) is 3.94. The van der Waals surface area contributed by atoms with Crippen LogP contribution in [0.2, 0.25) is 0 Å². The fraction of sp³-hybridized carbons (Fsp3) is 0.0769. The van der Waals surface area contributed by atoms with Crippen LogP contribution in [-0.4, -0.2) is 11.8 Å². The predicted octanol–water partition coefficient (Wildman–Crippen LogP) is 5.96. The second-order valence-electron chi connectivity index (χ2n) is 7.28. The van der Waals surface area contributed by atoms with Crippen LogP contribution >= 0.6 is 0 Å². The molecule has 0 aromatic heterocycles. The Labute approximate surface area is 175 Å². The highest BCUT2D eigenvalue weighted by atomic mass is 16.2. The molecule has 0 aliphatic rings. The van der Waals surface area contributed by atoms with Gasteiger partial charge in [0, 0.05) is 11.1 Å². The van der Waals surface area contributed by atoms with Crippen molar-refractivity contribution in [1.82, 2.24) is 0 Å². The van der Waals surface area contributed by atoms with E-state index in [1.54, 1.807) is 12.1 Å². The largest absolute Gasteiger partial charge is 0.320 e. The molecule has 0 fully saturated rings. The summed E-state index contributed by atoms with van der Waals surface area (Å²) in [6, 6.07) is 26.5. The normalized spacial score (nSPS) is 10.6. The lowest BCUT2D eigenvalue weighted by Gasteiger charge is -2.15. The third-order valence-electron chi connectivity index (χ3n) is 5.16. The van der Waals surface area contributed by atoms with Crippen molar-refractivity contribution in [2.75, 3.05) is 10.6 Å². The van der Waals surface area contributed by atoms with Gasteiger partial charge in [0.2, 0.25) is 0 Å². The summed E-state index contributed by atoms with van der Waals surface area (Å²) in [4.78, 5) is 25.8. The molecule has 0 atom stereocenters. The summed E-state index contributed by atoms with van der Waals surface area (Å²) < 4.78 is 0. The fourth-order valence-corrected chi connectivity index (χ4v) is 3.48. The Balaban J connectivity index is 1.72. The number of aryl methyl sites for hydroxylation is 2. The van der Waals surface area contributed by atoms with E-state index in [1.807, 2.05) is 86.6 Å². The highest BCUT2D eigenvalue weighted by molar-refractivity contribution is 6.12. The van der Waals surface area contributed by atoms with Gasteiger partial charge in [-0.25, -0.2) is 0 Å². The van der Waals surface area contributed by atoms with Crippen molar-refractivity contribution in [2.24, 2.45) is 0 Å². The van der Waals surface area contributed by atoms with Crippen LogP contribution < -0.4 is 10.6 Å². The quantitative estimate of drug-likeness (QED) is 0.449. The molecule has 0 bridgehead atoms. The highest BCUT2D eigenvalue weighted by Gasteiger charge is 2.15. The molecule has 4 heteroatoms. The van der Waals surface area contributed by atoms with Gasteiger partial charge in [0.15, 0.2) is 0 Å². The molecule has 4 aromatic carbocycles. The zero-order chi connectivity index (χ0) is 21.1. The summed E-state index contributed by atoms with van der Waals surface area (Å²) in [7, 11) is 0. The molecule has 30 heavy (non-hydrogen) atoms. The monoisotopic (exact) mass is 394 g/mol. The fourth-order valence-electron chi connectivity index (χ4n) is 3.48. The Kier molecular flexibility index (Phi) is 5.31. The van der Waals surface area contributed by atoms with E-state index in [4.69, 9.17) is 0 Å². The Morgan fingerprint density at radius 3 is 1.33 bits per heavy atom. The van der Waals surface area contributed by atoms with E-state index < -0.39 is 0 Å². The number of carbonyl (C=O) groups excluding carboxylic acids is 2. The number of amides is 2. The molecule has 4 aromatic rings. The van der Waals surface area contributed by atoms with Crippen molar-refractivity contribution in [2.45, 2.75) is 13.8 Å². The average Bonchev–Trinajstić information content (AvgIpc) is 2.74. The number of nitrogens with one attached hydrogen (secondary N) is 2. The first-order chi connectivity index (χ1) is 14.5. The van der Waals surface area contributed by atoms with Crippen molar-refractivity contribution in [3.8, 4) is 0 Å². The minimum Gasteiger partial charge on any atom is -0.320 e. The zero-order valence-corrected chi connectivity index (χ0v) is 16.9.